The first kappa shape index (κ1) is 20.9. The molecule has 0 radical (unpaired) electrons. The van der Waals surface area contributed by atoms with Gasteiger partial charge in [0.25, 0.3) is 5.91 Å². The number of carbonyl (C=O) groups excluding carboxylic acids is 2. The first-order chi connectivity index (χ1) is 12.7. The molecule has 1 heterocycles. The van der Waals surface area contributed by atoms with Crippen LogP contribution < -0.4 is 0 Å². The van der Waals surface area contributed by atoms with E-state index in [4.69, 9.17) is 10.00 Å². The fraction of sp³-hybridized carbons (Fsp3) is 0.500. The maximum Gasteiger partial charge on any atom is 0.309 e. The van der Waals surface area contributed by atoms with Gasteiger partial charge in [0.2, 0.25) is 10.0 Å². The van der Waals surface area contributed by atoms with E-state index in [2.05, 4.69) is 0 Å². The standard InChI is InChI=1S/C18H23N3O5S/c1-13(17(22)20(2)3)26-18(23)15-8-10-21(11-9-15)27(24,25)16-6-4-14(12-19)5-7-16/h4-7,13,15H,8-11H2,1-3H3/t13-/m0/s1. The van der Waals surface area contributed by atoms with Crippen molar-refractivity contribution in [3.8, 4) is 6.07 Å². The Morgan fingerprint density at radius 2 is 1.78 bits per heavy atom. The summed E-state index contributed by atoms with van der Waals surface area (Å²) in [5.74, 6) is -1.22. The van der Waals surface area contributed by atoms with Crippen molar-refractivity contribution < 1.29 is 22.7 Å². The van der Waals surface area contributed by atoms with Gasteiger partial charge < -0.3 is 9.64 Å². The highest BCUT2D eigenvalue weighted by Gasteiger charge is 2.34. The number of rotatable bonds is 5. The molecule has 0 aromatic heterocycles. The summed E-state index contributed by atoms with van der Waals surface area (Å²) < 4.78 is 31.9. The maximum absolute atomic E-state index is 12.7. The van der Waals surface area contributed by atoms with Gasteiger partial charge in [0.05, 0.1) is 22.4 Å². The molecule has 2 rings (SSSR count). The molecule has 0 saturated carbocycles. The summed E-state index contributed by atoms with van der Waals surface area (Å²) in [6.07, 6.45) is -0.207. The molecule has 1 aromatic rings. The van der Waals surface area contributed by atoms with Crippen molar-refractivity contribution >= 4 is 21.9 Å². The topological polar surface area (TPSA) is 108 Å². The van der Waals surface area contributed by atoms with Crippen LogP contribution in [0.5, 0.6) is 0 Å². The molecule has 0 N–H and O–H groups in total. The quantitative estimate of drug-likeness (QED) is 0.690. The first-order valence-corrected chi connectivity index (χ1v) is 10.0. The van der Waals surface area contributed by atoms with E-state index in [0.717, 1.165) is 0 Å². The van der Waals surface area contributed by atoms with Crippen LogP contribution in [0.4, 0.5) is 0 Å². The Kier molecular flexibility index (Phi) is 6.57. The molecule has 1 aliphatic heterocycles. The number of hydrogen-bond donors (Lipinski definition) is 0. The van der Waals surface area contributed by atoms with Gasteiger partial charge in [-0.05, 0) is 44.0 Å². The monoisotopic (exact) mass is 393 g/mol. The van der Waals surface area contributed by atoms with E-state index in [1.807, 2.05) is 6.07 Å². The molecule has 1 atom stereocenters. The number of nitrogens with zero attached hydrogens (tertiary/aromatic N) is 3. The lowest BCUT2D eigenvalue weighted by Gasteiger charge is -2.30. The summed E-state index contributed by atoms with van der Waals surface area (Å²) in [5.41, 5.74) is 0.386. The van der Waals surface area contributed by atoms with Crippen LogP contribution in [0.2, 0.25) is 0 Å². The second-order valence-corrected chi connectivity index (χ2v) is 8.56. The van der Waals surface area contributed by atoms with Gasteiger partial charge in [-0.15, -0.1) is 0 Å². The summed E-state index contributed by atoms with van der Waals surface area (Å²) in [4.78, 5) is 25.5. The maximum atomic E-state index is 12.7. The minimum Gasteiger partial charge on any atom is -0.452 e. The van der Waals surface area contributed by atoms with Crippen LogP contribution >= 0.6 is 0 Å². The van der Waals surface area contributed by atoms with Crippen molar-refractivity contribution in [2.75, 3.05) is 27.2 Å². The minimum absolute atomic E-state index is 0.118. The number of ether oxygens (including phenoxy) is 1. The van der Waals surface area contributed by atoms with Crippen LogP contribution in [0.1, 0.15) is 25.3 Å². The number of amides is 1. The zero-order valence-electron chi connectivity index (χ0n) is 15.6. The molecule has 146 valence electrons. The molecule has 1 fully saturated rings. The lowest BCUT2D eigenvalue weighted by Crippen LogP contribution is -2.42. The lowest BCUT2D eigenvalue weighted by molar-refractivity contribution is -0.162. The number of hydrogen-bond acceptors (Lipinski definition) is 6. The van der Waals surface area contributed by atoms with Crippen molar-refractivity contribution in [1.82, 2.24) is 9.21 Å². The molecule has 27 heavy (non-hydrogen) atoms. The molecule has 8 nitrogen and oxygen atoms in total. The first-order valence-electron chi connectivity index (χ1n) is 8.58. The normalized spacial score (nSPS) is 17.0. The van der Waals surface area contributed by atoms with Gasteiger partial charge in [-0.3, -0.25) is 9.59 Å². The molecule has 0 unspecified atom stereocenters. The molecular formula is C18H23N3O5S. The van der Waals surface area contributed by atoms with E-state index < -0.39 is 28.0 Å². The van der Waals surface area contributed by atoms with Gasteiger partial charge in [0, 0.05) is 27.2 Å². The molecule has 1 saturated heterocycles. The lowest BCUT2D eigenvalue weighted by atomic mass is 9.98. The third kappa shape index (κ3) is 4.84. The van der Waals surface area contributed by atoms with Crippen LogP contribution in [-0.4, -0.2) is 62.8 Å². The largest absolute Gasteiger partial charge is 0.452 e. The van der Waals surface area contributed by atoms with Gasteiger partial charge in [0.15, 0.2) is 6.10 Å². The summed E-state index contributed by atoms with van der Waals surface area (Å²) in [6, 6.07) is 7.67. The molecule has 0 bridgehead atoms. The number of esters is 1. The molecule has 0 spiro atoms. The Labute approximate surface area is 159 Å². The Hall–Kier alpha value is -2.44. The van der Waals surface area contributed by atoms with Crippen molar-refractivity contribution in [2.24, 2.45) is 5.92 Å². The van der Waals surface area contributed by atoms with E-state index in [1.165, 1.54) is 40.4 Å². The van der Waals surface area contributed by atoms with Crippen LogP contribution in [0.25, 0.3) is 0 Å². The predicted octanol–water partition coefficient (Wildman–Crippen LogP) is 0.979. The van der Waals surface area contributed by atoms with Crippen molar-refractivity contribution in [1.29, 1.82) is 5.26 Å². The number of nitriles is 1. The van der Waals surface area contributed by atoms with E-state index in [9.17, 15) is 18.0 Å². The second kappa shape index (κ2) is 8.50. The highest BCUT2D eigenvalue weighted by molar-refractivity contribution is 7.89. The fourth-order valence-corrected chi connectivity index (χ4v) is 4.34. The van der Waals surface area contributed by atoms with Gasteiger partial charge in [0.1, 0.15) is 0 Å². The minimum atomic E-state index is -3.67. The second-order valence-electron chi connectivity index (χ2n) is 6.63. The SMILES string of the molecule is C[C@H](OC(=O)C1CCN(S(=O)(=O)c2ccc(C#N)cc2)CC1)C(=O)N(C)C. The fourth-order valence-electron chi connectivity index (χ4n) is 2.87. The van der Waals surface area contributed by atoms with Crippen LogP contribution in [-0.2, 0) is 24.3 Å². The molecule has 1 aromatic carbocycles. The highest BCUT2D eigenvalue weighted by atomic mass is 32.2. The van der Waals surface area contributed by atoms with E-state index >= 15 is 0 Å². The summed E-state index contributed by atoms with van der Waals surface area (Å²) in [6.45, 7) is 1.90. The summed E-state index contributed by atoms with van der Waals surface area (Å²) in [5, 5.41) is 8.81. The van der Waals surface area contributed by atoms with Crippen molar-refractivity contribution in [3.05, 3.63) is 29.8 Å². The predicted molar refractivity (Wildman–Crippen MR) is 96.9 cm³/mol. The Bertz CT molecular complexity index is 835. The average Bonchev–Trinajstić information content (AvgIpc) is 2.67. The number of piperidine rings is 1. The van der Waals surface area contributed by atoms with Gasteiger partial charge in [-0.2, -0.15) is 9.57 Å². The summed E-state index contributed by atoms with van der Waals surface area (Å²) >= 11 is 0. The van der Waals surface area contributed by atoms with Crippen molar-refractivity contribution in [3.63, 3.8) is 0 Å². The number of likely N-dealkylation sites (N-methyl/N-ethyl adjacent to an activating group) is 1. The third-order valence-electron chi connectivity index (χ3n) is 4.49. The number of sulfonamides is 1. The zero-order valence-corrected chi connectivity index (χ0v) is 16.4. The Balaban J connectivity index is 1.96. The molecule has 1 aliphatic rings. The Morgan fingerprint density at radius 3 is 2.26 bits per heavy atom. The van der Waals surface area contributed by atoms with Crippen molar-refractivity contribution in [2.45, 2.75) is 30.8 Å². The zero-order chi connectivity index (χ0) is 20.2. The number of carbonyl (C=O) groups is 2. The van der Waals surface area contributed by atoms with E-state index in [1.54, 1.807) is 14.1 Å². The molecule has 9 heteroatoms. The number of benzene rings is 1. The molecule has 0 aliphatic carbocycles. The molecular weight excluding hydrogens is 370 g/mol. The van der Waals surface area contributed by atoms with Crippen LogP contribution in [0.3, 0.4) is 0 Å². The van der Waals surface area contributed by atoms with Crippen LogP contribution in [0.15, 0.2) is 29.2 Å². The average molecular weight is 393 g/mol. The third-order valence-corrected chi connectivity index (χ3v) is 6.40. The molecule has 1 amide bonds. The Morgan fingerprint density at radius 1 is 1.22 bits per heavy atom. The highest BCUT2D eigenvalue weighted by Crippen LogP contribution is 2.25. The van der Waals surface area contributed by atoms with Gasteiger partial charge in [-0.1, -0.05) is 0 Å². The summed E-state index contributed by atoms with van der Waals surface area (Å²) in [7, 11) is -0.508. The van der Waals surface area contributed by atoms with E-state index in [-0.39, 0.29) is 23.9 Å². The van der Waals surface area contributed by atoms with Gasteiger partial charge in [-0.25, -0.2) is 8.42 Å². The smallest absolute Gasteiger partial charge is 0.309 e. The van der Waals surface area contributed by atoms with E-state index in [0.29, 0.717) is 18.4 Å². The van der Waals surface area contributed by atoms with Crippen LogP contribution in [0, 0.1) is 17.2 Å². The van der Waals surface area contributed by atoms with Gasteiger partial charge >= 0.3 is 5.97 Å².